The van der Waals surface area contributed by atoms with E-state index in [2.05, 4.69) is 4.98 Å². The summed E-state index contributed by atoms with van der Waals surface area (Å²) in [5, 5.41) is 0. The second kappa shape index (κ2) is 7.24. The molecular weight excluding hydrogens is 386 g/mol. The highest BCUT2D eigenvalue weighted by atomic mass is 16.5. The molecule has 9 heteroatoms. The summed E-state index contributed by atoms with van der Waals surface area (Å²) in [5.74, 6) is 0.206. The molecule has 3 aromatic rings. The van der Waals surface area contributed by atoms with Crippen molar-refractivity contribution in [2.75, 3.05) is 31.8 Å². The molecule has 0 N–H and O–H groups in total. The third kappa shape index (κ3) is 2.88. The Labute approximate surface area is 172 Å². The molecule has 0 bridgehead atoms. The fraction of sp³-hybridized carbons (Fsp3) is 0.429. The zero-order valence-electron chi connectivity index (χ0n) is 17.0. The van der Waals surface area contributed by atoms with Gasteiger partial charge in [0.25, 0.3) is 0 Å². The first-order valence-corrected chi connectivity index (χ1v) is 10.1. The zero-order chi connectivity index (χ0) is 20.8. The molecule has 0 spiro atoms. The van der Waals surface area contributed by atoms with Crippen LogP contribution in [0, 0.1) is 0 Å². The molecule has 0 radical (unpaired) electrons. The lowest BCUT2D eigenvalue weighted by atomic mass is 10.1. The zero-order valence-corrected chi connectivity index (χ0v) is 17.0. The number of hydrogen-bond acceptors (Lipinski definition) is 7. The van der Waals surface area contributed by atoms with E-state index in [1.807, 2.05) is 17.0 Å². The van der Waals surface area contributed by atoms with Crippen molar-refractivity contribution in [1.82, 2.24) is 19.1 Å². The fourth-order valence-electron chi connectivity index (χ4n) is 4.38. The van der Waals surface area contributed by atoms with E-state index in [0.29, 0.717) is 36.9 Å². The van der Waals surface area contributed by atoms with Crippen molar-refractivity contribution in [2.45, 2.75) is 25.3 Å². The standard InChI is InChI=1S/C21H23N5O4/c1-24-17-12-22-20(23-18(17)26(21(24)28)15-6-9-30-10-7-15)25-8-5-13-11-14(19(27)29-2)3-4-16(13)25/h3-4,11-12,15H,5-10H2,1-2H3. The average molecular weight is 409 g/mol. The van der Waals surface area contributed by atoms with Crippen LogP contribution in [0.1, 0.15) is 34.8 Å². The molecule has 0 unspecified atom stereocenters. The smallest absolute Gasteiger partial charge is 0.337 e. The van der Waals surface area contributed by atoms with Crippen LogP contribution in [-0.4, -0.2) is 51.9 Å². The predicted octanol–water partition coefficient (Wildman–Crippen LogP) is 1.96. The summed E-state index contributed by atoms with van der Waals surface area (Å²) in [4.78, 5) is 36.1. The van der Waals surface area contributed by atoms with Gasteiger partial charge < -0.3 is 14.4 Å². The Morgan fingerprint density at radius 1 is 1.27 bits per heavy atom. The van der Waals surface area contributed by atoms with Crippen molar-refractivity contribution in [2.24, 2.45) is 7.05 Å². The van der Waals surface area contributed by atoms with Gasteiger partial charge in [0.15, 0.2) is 5.65 Å². The number of benzene rings is 1. The maximum Gasteiger partial charge on any atom is 0.337 e. The third-order valence-corrected chi connectivity index (χ3v) is 6.01. The first-order chi connectivity index (χ1) is 14.6. The van der Waals surface area contributed by atoms with Gasteiger partial charge in [-0.1, -0.05) is 0 Å². The highest BCUT2D eigenvalue weighted by Crippen LogP contribution is 2.34. The second-order valence-electron chi connectivity index (χ2n) is 7.67. The lowest BCUT2D eigenvalue weighted by Crippen LogP contribution is -2.30. The number of esters is 1. The van der Waals surface area contributed by atoms with Gasteiger partial charge in [0, 0.05) is 38.5 Å². The van der Waals surface area contributed by atoms with E-state index in [1.54, 1.807) is 28.4 Å². The SMILES string of the molecule is COC(=O)c1ccc2c(c1)CCN2c1ncc2c(n1)n(C1CCOCC1)c(=O)n2C. The largest absolute Gasteiger partial charge is 0.465 e. The van der Waals surface area contributed by atoms with Crippen molar-refractivity contribution in [3.8, 4) is 0 Å². The molecule has 156 valence electrons. The Morgan fingerprint density at radius 3 is 2.83 bits per heavy atom. The summed E-state index contributed by atoms with van der Waals surface area (Å²) >= 11 is 0. The Kier molecular flexibility index (Phi) is 4.54. The van der Waals surface area contributed by atoms with E-state index < -0.39 is 0 Å². The average Bonchev–Trinajstić information content (AvgIpc) is 3.32. The second-order valence-corrected chi connectivity index (χ2v) is 7.67. The minimum atomic E-state index is -0.348. The number of methoxy groups -OCH3 is 1. The number of rotatable bonds is 3. The van der Waals surface area contributed by atoms with Gasteiger partial charge in [-0.25, -0.2) is 14.6 Å². The number of aromatic nitrogens is 4. The van der Waals surface area contributed by atoms with Gasteiger partial charge in [-0.3, -0.25) is 9.13 Å². The number of imidazole rings is 1. The molecule has 0 aliphatic carbocycles. The summed E-state index contributed by atoms with van der Waals surface area (Å²) in [5.41, 5.74) is 3.85. The first-order valence-electron chi connectivity index (χ1n) is 10.1. The minimum Gasteiger partial charge on any atom is -0.465 e. The monoisotopic (exact) mass is 409 g/mol. The number of hydrogen-bond donors (Lipinski definition) is 0. The summed E-state index contributed by atoms with van der Waals surface area (Å²) in [6.07, 6.45) is 4.08. The van der Waals surface area contributed by atoms with Crippen molar-refractivity contribution < 1.29 is 14.3 Å². The Balaban J connectivity index is 1.57. The van der Waals surface area contributed by atoms with Gasteiger partial charge in [-0.2, -0.15) is 4.98 Å². The Morgan fingerprint density at radius 2 is 2.07 bits per heavy atom. The van der Waals surface area contributed by atoms with E-state index in [9.17, 15) is 9.59 Å². The topological polar surface area (TPSA) is 91.5 Å². The van der Waals surface area contributed by atoms with Crippen molar-refractivity contribution >= 4 is 28.8 Å². The number of aryl methyl sites for hydroxylation is 1. The van der Waals surface area contributed by atoms with Gasteiger partial charge in [0.2, 0.25) is 5.95 Å². The third-order valence-electron chi connectivity index (χ3n) is 6.01. The molecule has 0 amide bonds. The van der Waals surface area contributed by atoms with Crippen LogP contribution >= 0.6 is 0 Å². The summed E-state index contributed by atoms with van der Waals surface area (Å²) in [6, 6.07) is 5.59. The maximum absolute atomic E-state index is 12.9. The van der Waals surface area contributed by atoms with Crippen LogP contribution in [0.15, 0.2) is 29.2 Å². The molecule has 0 atom stereocenters. The molecule has 5 rings (SSSR count). The quantitative estimate of drug-likeness (QED) is 0.611. The normalized spacial score (nSPS) is 16.8. The lowest BCUT2D eigenvalue weighted by Gasteiger charge is -2.23. The van der Waals surface area contributed by atoms with Gasteiger partial charge in [-0.15, -0.1) is 0 Å². The van der Waals surface area contributed by atoms with Gasteiger partial charge in [0.1, 0.15) is 5.52 Å². The number of nitrogens with zero attached hydrogens (tertiary/aromatic N) is 5. The highest BCUT2D eigenvalue weighted by molar-refractivity contribution is 5.90. The van der Waals surface area contributed by atoms with E-state index in [4.69, 9.17) is 14.5 Å². The molecular formula is C21H23N5O4. The van der Waals surface area contributed by atoms with Gasteiger partial charge in [-0.05, 0) is 43.0 Å². The van der Waals surface area contributed by atoms with Crippen LogP contribution in [0.3, 0.4) is 0 Å². The molecule has 1 fully saturated rings. The molecule has 1 aromatic carbocycles. The number of carbonyl (C=O) groups is 1. The van der Waals surface area contributed by atoms with Crippen molar-refractivity contribution in [3.63, 3.8) is 0 Å². The van der Waals surface area contributed by atoms with E-state index in [-0.39, 0.29) is 17.7 Å². The van der Waals surface area contributed by atoms with Crippen molar-refractivity contribution in [1.29, 1.82) is 0 Å². The number of ether oxygens (including phenoxy) is 2. The Bertz CT molecular complexity index is 1190. The minimum absolute atomic E-state index is 0.0752. The predicted molar refractivity (Wildman–Crippen MR) is 110 cm³/mol. The molecule has 9 nitrogen and oxygen atoms in total. The molecule has 1 saturated heterocycles. The van der Waals surface area contributed by atoms with Crippen LogP contribution in [0.4, 0.5) is 11.6 Å². The van der Waals surface area contributed by atoms with E-state index in [0.717, 1.165) is 36.0 Å². The molecule has 2 aliphatic heterocycles. The Hall–Kier alpha value is -3.20. The summed E-state index contributed by atoms with van der Waals surface area (Å²) < 4.78 is 13.7. The first kappa shape index (κ1) is 18.8. The molecule has 2 aromatic heterocycles. The molecule has 0 saturated carbocycles. The van der Waals surface area contributed by atoms with Gasteiger partial charge >= 0.3 is 11.7 Å². The molecule has 4 heterocycles. The van der Waals surface area contributed by atoms with Crippen LogP contribution in [0.25, 0.3) is 11.2 Å². The number of carbonyl (C=O) groups excluding carboxylic acids is 1. The van der Waals surface area contributed by atoms with Crippen LogP contribution in [0.2, 0.25) is 0 Å². The van der Waals surface area contributed by atoms with Crippen molar-refractivity contribution in [3.05, 3.63) is 46.0 Å². The number of fused-ring (bicyclic) bond motifs is 2. The highest BCUT2D eigenvalue weighted by Gasteiger charge is 2.27. The lowest BCUT2D eigenvalue weighted by molar-refractivity contribution is 0.0600. The number of anilines is 2. The molecule has 30 heavy (non-hydrogen) atoms. The summed E-state index contributed by atoms with van der Waals surface area (Å²) in [6.45, 7) is 2.00. The van der Waals surface area contributed by atoms with Crippen LogP contribution in [0.5, 0.6) is 0 Å². The molecule has 2 aliphatic rings. The van der Waals surface area contributed by atoms with E-state index >= 15 is 0 Å². The van der Waals surface area contributed by atoms with E-state index in [1.165, 1.54) is 7.11 Å². The van der Waals surface area contributed by atoms with Crippen LogP contribution < -0.4 is 10.6 Å². The fourth-order valence-corrected chi connectivity index (χ4v) is 4.38. The van der Waals surface area contributed by atoms with Gasteiger partial charge in [0.05, 0.1) is 18.9 Å². The maximum atomic E-state index is 12.9. The van der Waals surface area contributed by atoms with Crippen LogP contribution in [-0.2, 0) is 22.9 Å². The summed E-state index contributed by atoms with van der Waals surface area (Å²) in [7, 11) is 3.13.